The molecule has 0 aromatic carbocycles. The van der Waals surface area contributed by atoms with Gasteiger partial charge in [-0.15, -0.1) is 0 Å². The molecule has 0 aromatic rings. The maximum atomic E-state index is 11.4. The van der Waals surface area contributed by atoms with Crippen LogP contribution in [0.4, 0.5) is 0 Å². The Balaban J connectivity index is 0. The van der Waals surface area contributed by atoms with Gasteiger partial charge in [0.05, 0.1) is 5.97 Å². The average Bonchev–Trinajstić information content (AvgIpc) is 2.61. The molecule has 0 rings (SSSR count). The Morgan fingerprint density at radius 2 is 1.21 bits per heavy atom. The van der Waals surface area contributed by atoms with Gasteiger partial charge in [0, 0.05) is 0 Å². The number of esters is 1. The molecule has 0 fully saturated rings. The molecular formula is C22H41LiO5. The molecule has 5 nitrogen and oxygen atoms in total. The second-order valence-electron chi connectivity index (χ2n) is 7.96. The van der Waals surface area contributed by atoms with Crippen molar-refractivity contribution < 1.29 is 43.4 Å². The van der Waals surface area contributed by atoms with Crippen molar-refractivity contribution in [1.82, 2.24) is 0 Å². The van der Waals surface area contributed by atoms with E-state index in [2.05, 4.69) is 6.92 Å². The van der Waals surface area contributed by atoms with Crippen molar-refractivity contribution in [2.75, 3.05) is 0 Å². The monoisotopic (exact) mass is 392 g/mol. The number of unbranched alkanes of at least 4 members (excludes halogenated alkanes) is 13. The van der Waals surface area contributed by atoms with Crippen LogP contribution in [0.5, 0.6) is 0 Å². The van der Waals surface area contributed by atoms with Crippen molar-refractivity contribution in [3.63, 3.8) is 0 Å². The maximum absolute atomic E-state index is 11.4. The molecule has 0 aliphatic heterocycles. The van der Waals surface area contributed by atoms with E-state index in [0.29, 0.717) is 6.42 Å². The normalized spacial score (nSPS) is 14.0. The maximum Gasteiger partial charge on any atom is 1.00 e. The van der Waals surface area contributed by atoms with Gasteiger partial charge in [-0.2, -0.15) is 0 Å². The molecule has 0 amide bonds. The summed E-state index contributed by atoms with van der Waals surface area (Å²) >= 11 is 0. The number of carboxylic acid groups (broad SMARTS) is 1. The zero-order valence-electron chi connectivity index (χ0n) is 18.8. The summed E-state index contributed by atoms with van der Waals surface area (Å²) in [5.74, 6) is -2.33. The minimum absolute atomic E-state index is 0. The molecule has 160 valence electrons. The summed E-state index contributed by atoms with van der Waals surface area (Å²) in [5.41, 5.74) is -1.66. The van der Waals surface area contributed by atoms with Gasteiger partial charge in [-0.3, -0.25) is 0 Å². The molecule has 2 unspecified atom stereocenters. The molecule has 2 atom stereocenters. The summed E-state index contributed by atoms with van der Waals surface area (Å²) in [6.45, 7) is 4.84. The first kappa shape index (κ1) is 29.7. The SMILES string of the molecule is CCCCCCCCCCCCCCCCC(C)(OC(=O)C(C)O)C(=O)[O-].[Li+]. The van der Waals surface area contributed by atoms with Crippen LogP contribution in [0.15, 0.2) is 0 Å². The summed E-state index contributed by atoms with van der Waals surface area (Å²) in [5, 5.41) is 20.4. The average molecular weight is 393 g/mol. The predicted octanol–water partition coefficient (Wildman–Crippen LogP) is 1.29. The van der Waals surface area contributed by atoms with Crippen molar-refractivity contribution in [2.45, 2.75) is 129 Å². The molecule has 0 aliphatic rings. The van der Waals surface area contributed by atoms with Crippen LogP contribution in [0.2, 0.25) is 0 Å². The smallest absolute Gasteiger partial charge is 0.546 e. The summed E-state index contributed by atoms with van der Waals surface area (Å²) in [6.07, 6.45) is 16.0. The molecule has 0 saturated carbocycles. The molecule has 0 aromatic heterocycles. The van der Waals surface area contributed by atoms with Gasteiger partial charge < -0.3 is 19.7 Å². The first-order valence-corrected chi connectivity index (χ1v) is 11.0. The summed E-state index contributed by atoms with van der Waals surface area (Å²) in [6, 6.07) is 0. The third kappa shape index (κ3) is 15.4. The molecule has 0 radical (unpaired) electrons. The minimum Gasteiger partial charge on any atom is -0.546 e. The van der Waals surface area contributed by atoms with Crippen molar-refractivity contribution in [3.05, 3.63) is 0 Å². The van der Waals surface area contributed by atoms with E-state index in [1.165, 1.54) is 78.1 Å². The van der Waals surface area contributed by atoms with Gasteiger partial charge >= 0.3 is 24.8 Å². The van der Waals surface area contributed by atoms with Crippen LogP contribution in [-0.2, 0) is 14.3 Å². The zero-order valence-corrected chi connectivity index (χ0v) is 18.8. The first-order chi connectivity index (χ1) is 12.8. The number of hydrogen-bond acceptors (Lipinski definition) is 5. The molecule has 28 heavy (non-hydrogen) atoms. The number of carbonyl (C=O) groups is 2. The number of hydrogen-bond donors (Lipinski definition) is 1. The van der Waals surface area contributed by atoms with E-state index in [0.717, 1.165) is 19.3 Å². The van der Waals surface area contributed by atoms with Gasteiger partial charge in [0.25, 0.3) is 0 Å². The van der Waals surface area contributed by atoms with Gasteiger partial charge in [0.1, 0.15) is 11.7 Å². The number of aliphatic hydroxyl groups is 1. The fourth-order valence-corrected chi connectivity index (χ4v) is 3.16. The number of carboxylic acids is 1. The van der Waals surface area contributed by atoms with E-state index in [-0.39, 0.29) is 25.3 Å². The Kier molecular flexibility index (Phi) is 19.6. The minimum atomic E-state index is -1.66. The van der Waals surface area contributed by atoms with E-state index >= 15 is 0 Å². The van der Waals surface area contributed by atoms with Gasteiger partial charge in [0.2, 0.25) is 0 Å². The molecule has 0 saturated heterocycles. The van der Waals surface area contributed by atoms with Crippen LogP contribution in [0, 0.1) is 0 Å². The topological polar surface area (TPSA) is 86.7 Å². The Bertz CT molecular complexity index is 400. The van der Waals surface area contributed by atoms with Crippen molar-refractivity contribution in [1.29, 1.82) is 0 Å². The summed E-state index contributed by atoms with van der Waals surface area (Å²) in [7, 11) is 0. The summed E-state index contributed by atoms with van der Waals surface area (Å²) < 4.78 is 4.92. The van der Waals surface area contributed by atoms with E-state index in [1.807, 2.05) is 0 Å². The molecule has 0 bridgehead atoms. The van der Waals surface area contributed by atoms with E-state index in [4.69, 9.17) is 4.74 Å². The van der Waals surface area contributed by atoms with Crippen LogP contribution >= 0.6 is 0 Å². The number of aliphatic hydroxyl groups excluding tert-OH is 1. The van der Waals surface area contributed by atoms with Crippen molar-refractivity contribution >= 4 is 11.9 Å². The fraction of sp³-hybridized carbons (Fsp3) is 0.909. The Morgan fingerprint density at radius 1 is 0.857 bits per heavy atom. The van der Waals surface area contributed by atoms with E-state index in [9.17, 15) is 19.8 Å². The second kappa shape index (κ2) is 18.5. The van der Waals surface area contributed by atoms with Crippen LogP contribution < -0.4 is 24.0 Å². The number of ether oxygens (including phenoxy) is 1. The predicted molar refractivity (Wildman–Crippen MR) is 106 cm³/mol. The Morgan fingerprint density at radius 3 is 1.54 bits per heavy atom. The largest absolute Gasteiger partial charge is 1.00 e. The van der Waals surface area contributed by atoms with Crippen LogP contribution in [-0.4, -0.2) is 28.8 Å². The van der Waals surface area contributed by atoms with Crippen molar-refractivity contribution in [2.24, 2.45) is 0 Å². The van der Waals surface area contributed by atoms with Gasteiger partial charge in [0.15, 0.2) is 0 Å². The standard InChI is InChI=1S/C22H42O5.Li/c1-4-5-6-7-8-9-10-11-12-13-14-15-16-17-18-22(3,21(25)26)27-20(24)19(2)23;/h19,23H,4-18H2,1-3H3,(H,25,26);/q;+1/p-1. The number of rotatable bonds is 18. The number of aliphatic carboxylic acids is 1. The molecule has 6 heteroatoms. The number of carbonyl (C=O) groups excluding carboxylic acids is 2. The molecular weight excluding hydrogens is 351 g/mol. The quantitative estimate of drug-likeness (QED) is 0.216. The molecule has 0 spiro atoms. The fourth-order valence-electron chi connectivity index (χ4n) is 3.16. The third-order valence-corrected chi connectivity index (χ3v) is 5.11. The van der Waals surface area contributed by atoms with Crippen molar-refractivity contribution in [3.8, 4) is 0 Å². The second-order valence-corrected chi connectivity index (χ2v) is 7.96. The Labute approximate surface area is 184 Å². The van der Waals surface area contributed by atoms with E-state index in [1.54, 1.807) is 0 Å². The zero-order chi connectivity index (χ0) is 20.5. The third-order valence-electron chi connectivity index (χ3n) is 5.11. The van der Waals surface area contributed by atoms with Crippen LogP contribution in [0.1, 0.15) is 117 Å². The molecule has 0 aliphatic carbocycles. The van der Waals surface area contributed by atoms with E-state index < -0.39 is 23.6 Å². The van der Waals surface area contributed by atoms with Gasteiger partial charge in [-0.25, -0.2) is 4.79 Å². The molecule has 1 N–H and O–H groups in total. The summed E-state index contributed by atoms with van der Waals surface area (Å²) in [4.78, 5) is 22.7. The van der Waals surface area contributed by atoms with Crippen LogP contribution in [0.3, 0.4) is 0 Å². The van der Waals surface area contributed by atoms with Gasteiger partial charge in [-0.1, -0.05) is 90.4 Å². The van der Waals surface area contributed by atoms with Crippen LogP contribution in [0.25, 0.3) is 0 Å². The van der Waals surface area contributed by atoms with Gasteiger partial charge in [-0.05, 0) is 26.7 Å². The Hall–Kier alpha value is -0.503. The first-order valence-electron chi connectivity index (χ1n) is 11.0. The molecule has 0 heterocycles.